The van der Waals surface area contributed by atoms with Gasteiger partial charge in [0.05, 0.1) is 0 Å². The summed E-state index contributed by atoms with van der Waals surface area (Å²) in [6.07, 6.45) is 2.37. The van der Waals surface area contributed by atoms with Crippen molar-refractivity contribution >= 4 is 6.29 Å². The van der Waals surface area contributed by atoms with E-state index >= 15 is 0 Å². The van der Waals surface area contributed by atoms with Gasteiger partial charge in [0.2, 0.25) is 0 Å². The third kappa shape index (κ3) is 2.80. The van der Waals surface area contributed by atoms with Crippen LogP contribution < -0.4 is 0 Å². The van der Waals surface area contributed by atoms with Gasteiger partial charge in [-0.1, -0.05) is 54.6 Å². The van der Waals surface area contributed by atoms with Crippen molar-refractivity contribution in [2.24, 2.45) is 0 Å². The summed E-state index contributed by atoms with van der Waals surface area (Å²) >= 11 is 0. The highest BCUT2D eigenvalue weighted by molar-refractivity contribution is 5.55. The summed E-state index contributed by atoms with van der Waals surface area (Å²) in [6, 6.07) is 18.5. The Labute approximate surface area is 95.7 Å². The zero-order chi connectivity index (χ0) is 11.2. The van der Waals surface area contributed by atoms with Gasteiger partial charge in [0.15, 0.2) is 0 Å². The largest absolute Gasteiger partial charge is 0.303 e. The molecule has 1 heteroatoms. The minimum Gasteiger partial charge on any atom is -0.303 e. The average Bonchev–Trinajstić information content (AvgIpc) is 2.31. The van der Waals surface area contributed by atoms with Crippen LogP contribution in [0.25, 0.3) is 0 Å². The lowest BCUT2D eigenvalue weighted by atomic mass is 10.0. The van der Waals surface area contributed by atoms with Crippen molar-refractivity contribution in [2.45, 2.75) is 12.8 Å². The molecule has 80 valence electrons. The number of hydrogen-bond acceptors (Lipinski definition) is 1. The van der Waals surface area contributed by atoms with Gasteiger partial charge in [-0.3, -0.25) is 0 Å². The van der Waals surface area contributed by atoms with E-state index in [9.17, 15) is 4.79 Å². The van der Waals surface area contributed by atoms with Crippen LogP contribution >= 0.6 is 0 Å². The normalized spacial score (nSPS) is 10.0. The van der Waals surface area contributed by atoms with Crippen LogP contribution in [0.4, 0.5) is 0 Å². The summed E-state index contributed by atoms with van der Waals surface area (Å²) in [6.45, 7) is 0. The topological polar surface area (TPSA) is 17.1 Å². The lowest BCUT2D eigenvalue weighted by Crippen LogP contribution is -1.91. The molecule has 2 aromatic rings. The first-order valence-corrected chi connectivity index (χ1v) is 5.44. The number of carbonyl (C=O) groups is 1. The number of rotatable bonds is 4. The highest BCUT2D eigenvalue weighted by atomic mass is 16.1. The maximum atomic E-state index is 10.4. The third-order valence-electron chi connectivity index (χ3n) is 2.56. The van der Waals surface area contributed by atoms with Crippen molar-refractivity contribution in [3.8, 4) is 0 Å². The van der Waals surface area contributed by atoms with Crippen LogP contribution in [0.3, 0.4) is 0 Å². The zero-order valence-corrected chi connectivity index (χ0v) is 9.10. The molecule has 0 bridgehead atoms. The smallest absolute Gasteiger partial charge is 0.124 e. The first kappa shape index (κ1) is 10.6. The summed E-state index contributed by atoms with van der Waals surface area (Å²) in [4.78, 5) is 10.4. The van der Waals surface area contributed by atoms with Crippen LogP contribution in [-0.4, -0.2) is 6.29 Å². The molecule has 0 saturated heterocycles. The molecule has 16 heavy (non-hydrogen) atoms. The van der Waals surface area contributed by atoms with Crippen LogP contribution in [0.2, 0.25) is 0 Å². The van der Waals surface area contributed by atoms with Crippen molar-refractivity contribution in [3.63, 3.8) is 0 Å². The molecule has 0 aliphatic rings. The zero-order valence-electron chi connectivity index (χ0n) is 9.10. The lowest BCUT2D eigenvalue weighted by Gasteiger charge is -2.03. The van der Waals surface area contributed by atoms with E-state index < -0.39 is 0 Å². The monoisotopic (exact) mass is 210 g/mol. The molecule has 0 radical (unpaired) electrons. The molecule has 0 saturated carbocycles. The molecule has 0 N–H and O–H groups in total. The van der Waals surface area contributed by atoms with Crippen LogP contribution in [0, 0.1) is 0 Å². The Balaban J connectivity index is 2.15. The Kier molecular flexibility index (Phi) is 3.50. The van der Waals surface area contributed by atoms with Crippen LogP contribution in [0.1, 0.15) is 16.7 Å². The van der Waals surface area contributed by atoms with Gasteiger partial charge in [-0.05, 0) is 23.1 Å². The molecule has 0 atom stereocenters. The SMILES string of the molecule is O=CCc1cccc(Cc2ccccc2)c1. The molecule has 0 unspecified atom stereocenters. The van der Waals surface area contributed by atoms with E-state index in [1.807, 2.05) is 30.3 Å². The maximum absolute atomic E-state index is 10.4. The first-order chi connectivity index (χ1) is 7.88. The molecule has 1 nitrogen and oxygen atoms in total. The predicted molar refractivity (Wildman–Crippen MR) is 65.5 cm³/mol. The summed E-state index contributed by atoms with van der Waals surface area (Å²) in [5.74, 6) is 0. The van der Waals surface area contributed by atoms with Crippen LogP contribution in [0.15, 0.2) is 54.6 Å². The van der Waals surface area contributed by atoms with Crippen LogP contribution in [-0.2, 0) is 17.6 Å². The Morgan fingerprint density at radius 2 is 1.50 bits per heavy atom. The fourth-order valence-corrected chi connectivity index (χ4v) is 1.79. The first-order valence-electron chi connectivity index (χ1n) is 5.44. The fraction of sp³-hybridized carbons (Fsp3) is 0.133. The molecule has 0 aliphatic carbocycles. The van der Waals surface area contributed by atoms with Gasteiger partial charge in [-0.25, -0.2) is 0 Å². The third-order valence-corrected chi connectivity index (χ3v) is 2.56. The van der Waals surface area contributed by atoms with Crippen LogP contribution in [0.5, 0.6) is 0 Å². The second-order valence-corrected chi connectivity index (χ2v) is 3.85. The van der Waals surface area contributed by atoms with E-state index in [4.69, 9.17) is 0 Å². The van der Waals surface area contributed by atoms with E-state index in [-0.39, 0.29) is 0 Å². The van der Waals surface area contributed by atoms with E-state index in [0.717, 1.165) is 18.3 Å². The number of carbonyl (C=O) groups excluding carboxylic acids is 1. The highest BCUT2D eigenvalue weighted by Gasteiger charge is 1.97. The lowest BCUT2D eigenvalue weighted by molar-refractivity contribution is -0.107. The molecule has 0 heterocycles. The summed E-state index contributed by atoms with van der Waals surface area (Å²) in [5.41, 5.74) is 3.64. The highest BCUT2D eigenvalue weighted by Crippen LogP contribution is 2.11. The maximum Gasteiger partial charge on any atom is 0.124 e. The van der Waals surface area contributed by atoms with Crippen molar-refractivity contribution in [1.29, 1.82) is 0 Å². The predicted octanol–water partition coefficient (Wildman–Crippen LogP) is 3.02. The Morgan fingerprint density at radius 1 is 0.812 bits per heavy atom. The summed E-state index contributed by atoms with van der Waals surface area (Å²) in [5, 5.41) is 0. The van der Waals surface area contributed by atoms with Gasteiger partial charge in [0.25, 0.3) is 0 Å². The van der Waals surface area contributed by atoms with E-state index in [1.165, 1.54) is 11.1 Å². The van der Waals surface area contributed by atoms with E-state index in [1.54, 1.807) is 0 Å². The standard InChI is InChI=1S/C15H14O/c16-10-9-14-7-4-8-15(12-14)11-13-5-2-1-3-6-13/h1-8,10,12H,9,11H2. The van der Waals surface area contributed by atoms with Gasteiger partial charge in [0, 0.05) is 6.42 Å². The molecule has 0 fully saturated rings. The molecule has 2 aromatic carbocycles. The fourth-order valence-electron chi connectivity index (χ4n) is 1.79. The minimum absolute atomic E-state index is 0.503. The minimum atomic E-state index is 0.503. The number of aldehydes is 1. The number of benzene rings is 2. The second kappa shape index (κ2) is 5.26. The Morgan fingerprint density at radius 3 is 2.25 bits per heavy atom. The molecule has 0 aromatic heterocycles. The molecule has 2 rings (SSSR count). The van der Waals surface area contributed by atoms with E-state index in [2.05, 4.69) is 24.3 Å². The van der Waals surface area contributed by atoms with Gasteiger partial charge in [-0.15, -0.1) is 0 Å². The molecule has 0 aliphatic heterocycles. The van der Waals surface area contributed by atoms with E-state index in [0.29, 0.717) is 6.42 Å². The summed E-state index contributed by atoms with van der Waals surface area (Å²) < 4.78 is 0. The Hall–Kier alpha value is -1.89. The molecule has 0 amide bonds. The van der Waals surface area contributed by atoms with Crippen molar-refractivity contribution in [1.82, 2.24) is 0 Å². The quantitative estimate of drug-likeness (QED) is 0.709. The average molecular weight is 210 g/mol. The van der Waals surface area contributed by atoms with Crippen molar-refractivity contribution < 1.29 is 4.79 Å². The van der Waals surface area contributed by atoms with Gasteiger partial charge >= 0.3 is 0 Å². The number of hydrogen-bond donors (Lipinski definition) is 0. The summed E-state index contributed by atoms with van der Waals surface area (Å²) in [7, 11) is 0. The molecule has 0 spiro atoms. The molecular formula is C15H14O. The van der Waals surface area contributed by atoms with Crippen molar-refractivity contribution in [3.05, 3.63) is 71.3 Å². The van der Waals surface area contributed by atoms with Gasteiger partial charge in [0.1, 0.15) is 6.29 Å². The Bertz CT molecular complexity index is 460. The molecular weight excluding hydrogens is 196 g/mol. The second-order valence-electron chi connectivity index (χ2n) is 3.85. The van der Waals surface area contributed by atoms with Crippen molar-refractivity contribution in [2.75, 3.05) is 0 Å². The van der Waals surface area contributed by atoms with Gasteiger partial charge < -0.3 is 4.79 Å². The van der Waals surface area contributed by atoms with Gasteiger partial charge in [-0.2, -0.15) is 0 Å².